The molecule has 4 heterocycles. The summed E-state index contributed by atoms with van der Waals surface area (Å²) in [5.41, 5.74) is 2.14. The molecule has 1 N–H and O–H groups in total. The molecule has 4 rings (SSSR count). The van der Waals surface area contributed by atoms with Crippen LogP contribution in [0.2, 0.25) is 0 Å². The third kappa shape index (κ3) is 2.52. The second kappa shape index (κ2) is 5.97. The Hall–Kier alpha value is -1.46. The van der Waals surface area contributed by atoms with Gasteiger partial charge in [-0.1, -0.05) is 0 Å². The zero-order valence-electron chi connectivity index (χ0n) is 13.3. The Labute approximate surface area is 131 Å². The summed E-state index contributed by atoms with van der Waals surface area (Å²) in [7, 11) is 2.22. The summed E-state index contributed by atoms with van der Waals surface area (Å²) >= 11 is 0. The Morgan fingerprint density at radius 2 is 2.09 bits per heavy atom. The van der Waals surface area contributed by atoms with Crippen LogP contribution in [-0.4, -0.2) is 52.7 Å². The van der Waals surface area contributed by atoms with E-state index in [9.17, 15) is 0 Å². The standard InChI is InChI=1S/C17H25N5/c1-21-11-3-4-13(12-21)16-20-15-5-2-8-19-17(15)22(16)14-6-9-18-10-7-14/h2,5,8,13-14,18H,3-4,6-7,9-12H2,1H3. The second-order valence-electron chi connectivity index (χ2n) is 6.77. The summed E-state index contributed by atoms with van der Waals surface area (Å²) in [6, 6.07) is 4.65. The van der Waals surface area contributed by atoms with E-state index in [1.807, 2.05) is 12.3 Å². The molecule has 118 valence electrons. The lowest BCUT2D eigenvalue weighted by Crippen LogP contribution is -2.34. The van der Waals surface area contributed by atoms with Crippen LogP contribution < -0.4 is 5.32 Å². The molecule has 0 amide bonds. The number of imidazole rings is 1. The van der Waals surface area contributed by atoms with Crippen molar-refractivity contribution in [1.29, 1.82) is 0 Å². The van der Waals surface area contributed by atoms with Crippen LogP contribution in [-0.2, 0) is 0 Å². The predicted molar refractivity (Wildman–Crippen MR) is 88.1 cm³/mol. The highest BCUT2D eigenvalue weighted by molar-refractivity contribution is 5.71. The van der Waals surface area contributed by atoms with E-state index in [1.54, 1.807) is 0 Å². The first-order valence-electron chi connectivity index (χ1n) is 8.55. The van der Waals surface area contributed by atoms with Gasteiger partial charge < -0.3 is 14.8 Å². The molecule has 0 radical (unpaired) electrons. The number of likely N-dealkylation sites (tertiary alicyclic amines) is 1. The Bertz CT molecular complexity index is 644. The van der Waals surface area contributed by atoms with Crippen molar-refractivity contribution in [2.24, 2.45) is 0 Å². The number of nitrogens with zero attached hydrogens (tertiary/aromatic N) is 4. The van der Waals surface area contributed by atoms with E-state index in [2.05, 4.69) is 32.9 Å². The molecular formula is C17H25N5. The molecule has 0 aliphatic carbocycles. The molecule has 2 aromatic rings. The number of pyridine rings is 1. The van der Waals surface area contributed by atoms with Gasteiger partial charge in [-0.05, 0) is 64.5 Å². The average Bonchev–Trinajstić information content (AvgIpc) is 2.95. The van der Waals surface area contributed by atoms with Gasteiger partial charge in [0.05, 0.1) is 0 Å². The van der Waals surface area contributed by atoms with Crippen molar-refractivity contribution in [3.63, 3.8) is 0 Å². The van der Waals surface area contributed by atoms with Crippen LogP contribution in [0.1, 0.15) is 43.5 Å². The first-order chi connectivity index (χ1) is 10.8. The molecular weight excluding hydrogens is 274 g/mol. The Morgan fingerprint density at radius 3 is 2.91 bits per heavy atom. The van der Waals surface area contributed by atoms with Crippen molar-refractivity contribution in [2.45, 2.75) is 37.6 Å². The van der Waals surface area contributed by atoms with Crippen molar-refractivity contribution in [3.8, 4) is 0 Å². The number of rotatable bonds is 2. The molecule has 22 heavy (non-hydrogen) atoms. The van der Waals surface area contributed by atoms with E-state index in [0.717, 1.165) is 30.8 Å². The highest BCUT2D eigenvalue weighted by atomic mass is 15.2. The number of likely N-dealkylation sites (N-methyl/N-ethyl adjacent to an activating group) is 1. The molecule has 0 saturated carbocycles. The molecule has 2 fully saturated rings. The second-order valence-corrected chi connectivity index (χ2v) is 6.77. The van der Waals surface area contributed by atoms with Crippen molar-refractivity contribution in [1.82, 2.24) is 24.8 Å². The molecule has 2 saturated heterocycles. The summed E-state index contributed by atoms with van der Waals surface area (Å²) in [5, 5.41) is 3.47. The third-order valence-corrected chi connectivity index (χ3v) is 5.14. The van der Waals surface area contributed by atoms with E-state index >= 15 is 0 Å². The van der Waals surface area contributed by atoms with Gasteiger partial charge >= 0.3 is 0 Å². The number of piperidine rings is 2. The molecule has 5 nitrogen and oxygen atoms in total. The van der Waals surface area contributed by atoms with Gasteiger partial charge in [-0.3, -0.25) is 0 Å². The van der Waals surface area contributed by atoms with Gasteiger partial charge in [0.15, 0.2) is 5.65 Å². The third-order valence-electron chi connectivity index (χ3n) is 5.14. The number of fused-ring (bicyclic) bond motifs is 1. The van der Waals surface area contributed by atoms with E-state index in [1.165, 1.54) is 38.1 Å². The number of aromatic nitrogens is 3. The lowest BCUT2D eigenvalue weighted by atomic mass is 9.96. The largest absolute Gasteiger partial charge is 0.317 e. The maximum absolute atomic E-state index is 5.00. The molecule has 2 aliphatic rings. The molecule has 2 aliphatic heterocycles. The van der Waals surface area contributed by atoms with Crippen LogP contribution >= 0.6 is 0 Å². The van der Waals surface area contributed by atoms with E-state index in [-0.39, 0.29) is 0 Å². The fraction of sp³-hybridized carbons (Fsp3) is 0.647. The van der Waals surface area contributed by atoms with Crippen LogP contribution in [0.3, 0.4) is 0 Å². The zero-order valence-corrected chi connectivity index (χ0v) is 13.3. The van der Waals surface area contributed by atoms with Gasteiger partial charge in [-0.15, -0.1) is 0 Å². The number of nitrogens with one attached hydrogen (secondary N) is 1. The number of hydrogen-bond donors (Lipinski definition) is 1. The molecule has 1 unspecified atom stereocenters. The monoisotopic (exact) mass is 299 g/mol. The van der Waals surface area contributed by atoms with Crippen LogP contribution in [0.25, 0.3) is 11.2 Å². The van der Waals surface area contributed by atoms with Gasteiger partial charge in [-0.2, -0.15) is 0 Å². The highest BCUT2D eigenvalue weighted by Crippen LogP contribution is 2.33. The average molecular weight is 299 g/mol. The fourth-order valence-corrected chi connectivity index (χ4v) is 4.04. The van der Waals surface area contributed by atoms with Crippen molar-refractivity contribution in [2.75, 3.05) is 33.2 Å². The van der Waals surface area contributed by atoms with Crippen molar-refractivity contribution in [3.05, 3.63) is 24.2 Å². The zero-order chi connectivity index (χ0) is 14.9. The summed E-state index contributed by atoms with van der Waals surface area (Å²) < 4.78 is 2.47. The summed E-state index contributed by atoms with van der Waals surface area (Å²) in [6.07, 6.45) is 6.77. The Morgan fingerprint density at radius 1 is 1.23 bits per heavy atom. The molecule has 0 bridgehead atoms. The van der Waals surface area contributed by atoms with Gasteiger partial charge in [0.25, 0.3) is 0 Å². The van der Waals surface area contributed by atoms with Gasteiger partial charge in [0.2, 0.25) is 0 Å². The minimum Gasteiger partial charge on any atom is -0.317 e. The van der Waals surface area contributed by atoms with Crippen LogP contribution in [0.4, 0.5) is 0 Å². The number of hydrogen-bond acceptors (Lipinski definition) is 4. The minimum absolute atomic E-state index is 0.544. The summed E-state index contributed by atoms with van der Waals surface area (Å²) in [4.78, 5) is 12.1. The maximum Gasteiger partial charge on any atom is 0.160 e. The quantitative estimate of drug-likeness (QED) is 0.923. The lowest BCUT2D eigenvalue weighted by Gasteiger charge is -2.32. The van der Waals surface area contributed by atoms with Crippen LogP contribution in [0, 0.1) is 0 Å². The molecule has 0 spiro atoms. The van der Waals surface area contributed by atoms with Crippen molar-refractivity contribution < 1.29 is 0 Å². The molecule has 0 aromatic carbocycles. The highest BCUT2D eigenvalue weighted by Gasteiger charge is 2.28. The van der Waals surface area contributed by atoms with Crippen LogP contribution in [0.15, 0.2) is 18.3 Å². The Balaban J connectivity index is 1.78. The minimum atomic E-state index is 0.544. The topological polar surface area (TPSA) is 46.0 Å². The van der Waals surface area contributed by atoms with E-state index in [4.69, 9.17) is 4.98 Å². The summed E-state index contributed by atoms with van der Waals surface area (Å²) in [6.45, 7) is 4.53. The lowest BCUT2D eigenvalue weighted by molar-refractivity contribution is 0.238. The predicted octanol–water partition coefficient (Wildman–Crippen LogP) is 2.17. The van der Waals surface area contributed by atoms with Gasteiger partial charge in [0, 0.05) is 24.7 Å². The Kier molecular flexibility index (Phi) is 3.84. The summed E-state index contributed by atoms with van der Waals surface area (Å²) in [5.74, 6) is 1.81. The van der Waals surface area contributed by atoms with E-state index < -0.39 is 0 Å². The van der Waals surface area contributed by atoms with Gasteiger partial charge in [0.1, 0.15) is 11.3 Å². The maximum atomic E-state index is 5.00. The normalized spacial score (nSPS) is 24.9. The first-order valence-corrected chi connectivity index (χ1v) is 8.55. The smallest absolute Gasteiger partial charge is 0.160 e. The van der Waals surface area contributed by atoms with E-state index in [0.29, 0.717) is 12.0 Å². The van der Waals surface area contributed by atoms with Gasteiger partial charge in [-0.25, -0.2) is 9.97 Å². The SMILES string of the molecule is CN1CCCC(c2nc3cccnc3n2C2CCNCC2)C1. The molecule has 5 heteroatoms. The first kappa shape index (κ1) is 14.2. The fourth-order valence-electron chi connectivity index (χ4n) is 4.04. The van der Waals surface area contributed by atoms with Crippen molar-refractivity contribution >= 4 is 11.2 Å². The van der Waals surface area contributed by atoms with Crippen LogP contribution in [0.5, 0.6) is 0 Å². The molecule has 2 aromatic heterocycles. The molecule has 1 atom stereocenters.